The minimum absolute atomic E-state index is 0.195. The Morgan fingerprint density at radius 2 is 2.00 bits per heavy atom. The molecular formula is C15H14FN7. The van der Waals surface area contributed by atoms with Gasteiger partial charge in [0.25, 0.3) is 0 Å². The van der Waals surface area contributed by atoms with Crippen molar-refractivity contribution in [1.29, 1.82) is 0 Å². The average molecular weight is 311 g/mol. The monoisotopic (exact) mass is 311 g/mol. The van der Waals surface area contributed by atoms with Crippen molar-refractivity contribution in [2.24, 2.45) is 0 Å². The highest BCUT2D eigenvalue weighted by molar-refractivity contribution is 5.87. The van der Waals surface area contributed by atoms with E-state index in [0.29, 0.717) is 22.4 Å². The average Bonchev–Trinajstić information content (AvgIpc) is 3.13. The Kier molecular flexibility index (Phi) is 2.97. The predicted molar refractivity (Wildman–Crippen MR) is 84.2 cm³/mol. The molecule has 0 atom stereocenters. The van der Waals surface area contributed by atoms with E-state index in [4.69, 9.17) is 5.73 Å². The van der Waals surface area contributed by atoms with Crippen molar-refractivity contribution >= 4 is 22.8 Å². The summed E-state index contributed by atoms with van der Waals surface area (Å²) in [5.41, 5.74) is 8.04. The van der Waals surface area contributed by atoms with Gasteiger partial charge in [-0.05, 0) is 18.6 Å². The largest absolute Gasteiger partial charge is 0.368 e. The number of halogens is 1. The summed E-state index contributed by atoms with van der Waals surface area (Å²) in [5.74, 6) is 0.0669. The fourth-order valence-electron chi connectivity index (χ4n) is 2.59. The van der Waals surface area contributed by atoms with Gasteiger partial charge in [0.15, 0.2) is 22.6 Å². The van der Waals surface area contributed by atoms with Crippen LogP contribution < -0.4 is 5.73 Å². The molecule has 0 saturated heterocycles. The first kappa shape index (κ1) is 13.6. The van der Waals surface area contributed by atoms with E-state index < -0.39 is 0 Å². The molecule has 8 heteroatoms. The summed E-state index contributed by atoms with van der Waals surface area (Å²) < 4.78 is 17.3. The number of anilines is 1. The molecule has 7 nitrogen and oxygen atoms in total. The molecule has 0 bridgehead atoms. The van der Waals surface area contributed by atoms with Gasteiger partial charge >= 0.3 is 0 Å². The van der Waals surface area contributed by atoms with Crippen LogP contribution in [0.25, 0.3) is 28.2 Å². The number of nitrogens with two attached hydrogens (primary N) is 1. The minimum Gasteiger partial charge on any atom is -0.368 e. The van der Waals surface area contributed by atoms with Gasteiger partial charge in [-0.15, -0.1) is 5.10 Å². The maximum Gasteiger partial charge on any atom is 0.225 e. The van der Waals surface area contributed by atoms with E-state index in [0.717, 1.165) is 13.0 Å². The van der Waals surface area contributed by atoms with Gasteiger partial charge in [0.05, 0.1) is 11.9 Å². The van der Waals surface area contributed by atoms with E-state index in [-0.39, 0.29) is 17.6 Å². The van der Waals surface area contributed by atoms with Crippen LogP contribution >= 0.6 is 0 Å². The number of hydrogen-bond donors (Lipinski definition) is 1. The molecule has 0 spiro atoms. The third-order valence-corrected chi connectivity index (χ3v) is 3.65. The maximum atomic E-state index is 14.0. The molecule has 3 heterocycles. The first-order valence-corrected chi connectivity index (χ1v) is 7.31. The van der Waals surface area contributed by atoms with Gasteiger partial charge in [0, 0.05) is 6.54 Å². The second kappa shape index (κ2) is 5.01. The van der Waals surface area contributed by atoms with Gasteiger partial charge in [-0.3, -0.25) is 0 Å². The van der Waals surface area contributed by atoms with E-state index >= 15 is 0 Å². The van der Waals surface area contributed by atoms with Gasteiger partial charge in [0.1, 0.15) is 5.82 Å². The number of aromatic nitrogens is 6. The number of nitrogens with zero attached hydrogens (tertiary/aromatic N) is 6. The molecule has 0 aliphatic rings. The summed E-state index contributed by atoms with van der Waals surface area (Å²) >= 11 is 0. The Balaban J connectivity index is 2.00. The van der Waals surface area contributed by atoms with Gasteiger partial charge in [-0.25, -0.2) is 14.4 Å². The van der Waals surface area contributed by atoms with Crippen LogP contribution in [0.1, 0.15) is 13.3 Å². The fourth-order valence-corrected chi connectivity index (χ4v) is 2.59. The topological polar surface area (TPSA) is 86.9 Å². The molecule has 0 amide bonds. The molecule has 4 aromatic rings. The van der Waals surface area contributed by atoms with Crippen LogP contribution in [0.2, 0.25) is 0 Å². The second-order valence-corrected chi connectivity index (χ2v) is 5.23. The van der Waals surface area contributed by atoms with Crippen molar-refractivity contribution in [2.75, 3.05) is 5.73 Å². The molecule has 1 aromatic carbocycles. The SMILES string of the molecule is CCCn1cnc2c1nc(N)n1nc(-c3ccccc3F)nc21. The molecule has 0 saturated carbocycles. The number of imidazole rings is 1. The molecule has 0 unspecified atom stereocenters. The molecule has 2 N–H and O–H groups in total. The van der Waals surface area contributed by atoms with Gasteiger partial charge in [0.2, 0.25) is 5.95 Å². The van der Waals surface area contributed by atoms with Gasteiger partial charge in [-0.1, -0.05) is 19.1 Å². The Hall–Kier alpha value is -3.03. The number of rotatable bonds is 3. The van der Waals surface area contributed by atoms with Gasteiger partial charge < -0.3 is 10.3 Å². The number of hydrogen-bond acceptors (Lipinski definition) is 5. The zero-order valence-electron chi connectivity index (χ0n) is 12.4. The lowest BCUT2D eigenvalue weighted by Gasteiger charge is -2.02. The highest BCUT2D eigenvalue weighted by Gasteiger charge is 2.17. The third kappa shape index (κ3) is 2.02. The number of aryl methyl sites for hydroxylation is 1. The Morgan fingerprint density at radius 3 is 2.78 bits per heavy atom. The standard InChI is InChI=1S/C15H14FN7/c1-2-7-22-8-18-11-13(22)20-15(17)23-14(11)19-12(21-23)9-5-3-4-6-10(9)16/h3-6,8H,2,7H2,1H3,(H2,17,20). The normalized spacial score (nSPS) is 11.6. The quantitative estimate of drug-likeness (QED) is 0.627. The van der Waals surface area contributed by atoms with E-state index in [1.807, 2.05) is 4.57 Å². The van der Waals surface area contributed by atoms with Crippen LogP contribution in [0.5, 0.6) is 0 Å². The first-order chi connectivity index (χ1) is 11.2. The highest BCUT2D eigenvalue weighted by Crippen LogP contribution is 2.24. The second-order valence-electron chi connectivity index (χ2n) is 5.23. The molecule has 0 aliphatic carbocycles. The fraction of sp³-hybridized carbons (Fsp3) is 0.200. The van der Waals surface area contributed by atoms with E-state index in [9.17, 15) is 4.39 Å². The zero-order valence-corrected chi connectivity index (χ0v) is 12.4. The van der Waals surface area contributed by atoms with Crippen LogP contribution in [0.4, 0.5) is 10.3 Å². The molecular weight excluding hydrogens is 297 g/mol. The lowest BCUT2D eigenvalue weighted by molar-refractivity contribution is 0.630. The summed E-state index contributed by atoms with van der Waals surface area (Å²) in [6.45, 7) is 2.86. The zero-order chi connectivity index (χ0) is 16.0. The first-order valence-electron chi connectivity index (χ1n) is 7.31. The van der Waals surface area contributed by atoms with Crippen LogP contribution in [0, 0.1) is 5.82 Å². The number of benzene rings is 1. The Morgan fingerprint density at radius 1 is 1.17 bits per heavy atom. The molecule has 0 aliphatic heterocycles. The van der Waals surface area contributed by atoms with Crippen molar-refractivity contribution < 1.29 is 4.39 Å². The van der Waals surface area contributed by atoms with Crippen LogP contribution in [0.3, 0.4) is 0 Å². The van der Waals surface area contributed by atoms with Crippen molar-refractivity contribution in [3.8, 4) is 11.4 Å². The van der Waals surface area contributed by atoms with Crippen LogP contribution in [-0.2, 0) is 6.54 Å². The van der Waals surface area contributed by atoms with E-state index in [1.165, 1.54) is 10.6 Å². The molecule has 3 aromatic heterocycles. The Labute approximate surface area is 130 Å². The minimum atomic E-state index is -0.386. The van der Waals surface area contributed by atoms with E-state index in [2.05, 4.69) is 27.0 Å². The van der Waals surface area contributed by atoms with Crippen molar-refractivity contribution in [3.05, 3.63) is 36.4 Å². The van der Waals surface area contributed by atoms with Gasteiger partial charge in [-0.2, -0.15) is 9.50 Å². The number of nitrogen functional groups attached to an aromatic ring is 1. The van der Waals surface area contributed by atoms with Crippen molar-refractivity contribution in [1.82, 2.24) is 29.1 Å². The Bertz CT molecular complexity index is 1020. The molecule has 0 fully saturated rings. The predicted octanol–water partition coefficient (Wildman–Crippen LogP) is 2.27. The number of fused-ring (bicyclic) bond motifs is 3. The molecule has 4 rings (SSSR count). The summed E-state index contributed by atoms with van der Waals surface area (Å²) in [6, 6.07) is 6.35. The molecule has 116 valence electrons. The summed E-state index contributed by atoms with van der Waals surface area (Å²) in [7, 11) is 0. The van der Waals surface area contributed by atoms with E-state index in [1.54, 1.807) is 24.5 Å². The third-order valence-electron chi connectivity index (χ3n) is 3.65. The smallest absolute Gasteiger partial charge is 0.225 e. The maximum absolute atomic E-state index is 14.0. The lowest BCUT2D eigenvalue weighted by atomic mass is 10.2. The summed E-state index contributed by atoms with van der Waals surface area (Å²) in [6.07, 6.45) is 2.66. The molecule has 23 heavy (non-hydrogen) atoms. The lowest BCUT2D eigenvalue weighted by Crippen LogP contribution is -2.05. The summed E-state index contributed by atoms with van der Waals surface area (Å²) in [5, 5.41) is 4.28. The van der Waals surface area contributed by atoms with Crippen LogP contribution in [0.15, 0.2) is 30.6 Å². The molecule has 0 radical (unpaired) electrons. The summed E-state index contributed by atoms with van der Waals surface area (Å²) in [4.78, 5) is 13.1. The highest BCUT2D eigenvalue weighted by atomic mass is 19.1. The van der Waals surface area contributed by atoms with Crippen molar-refractivity contribution in [3.63, 3.8) is 0 Å². The van der Waals surface area contributed by atoms with Crippen LogP contribution in [-0.4, -0.2) is 29.1 Å². The van der Waals surface area contributed by atoms with Crippen molar-refractivity contribution in [2.45, 2.75) is 19.9 Å².